The quantitative estimate of drug-likeness (QED) is 0.494. The summed E-state index contributed by atoms with van der Waals surface area (Å²) >= 11 is 0. The summed E-state index contributed by atoms with van der Waals surface area (Å²) in [4.78, 5) is 14.9. The van der Waals surface area contributed by atoms with Gasteiger partial charge in [0.2, 0.25) is 0 Å². The van der Waals surface area contributed by atoms with Crippen LogP contribution in [0.1, 0.15) is 68.7 Å². The number of nitrogens with zero attached hydrogens (tertiary/aromatic N) is 1. The van der Waals surface area contributed by atoms with Crippen LogP contribution in [0.4, 0.5) is 4.79 Å². The van der Waals surface area contributed by atoms with Crippen LogP contribution in [0.25, 0.3) is 0 Å². The number of amides is 1. The molecule has 0 unspecified atom stereocenters. The molecule has 0 bridgehead atoms. The molecule has 1 rings (SSSR count). The van der Waals surface area contributed by atoms with E-state index in [-0.39, 0.29) is 34.9 Å². The first-order valence-corrected chi connectivity index (χ1v) is 17.4. The average Bonchev–Trinajstić information content (AvgIpc) is 2.86. The van der Waals surface area contributed by atoms with Crippen molar-refractivity contribution in [3.05, 3.63) is 0 Å². The Kier molecular flexibility index (Phi) is 8.72. The zero-order chi connectivity index (χ0) is 24.6. The molecule has 1 aliphatic heterocycles. The molecule has 6 nitrogen and oxygen atoms in total. The van der Waals surface area contributed by atoms with Gasteiger partial charge < -0.3 is 18.7 Å². The molecule has 0 radical (unpaired) electrons. The molecule has 1 N–H and O–H groups in total. The van der Waals surface area contributed by atoms with Crippen LogP contribution in [0, 0.1) is 0 Å². The molecule has 0 aromatic rings. The van der Waals surface area contributed by atoms with E-state index >= 15 is 0 Å². The van der Waals surface area contributed by atoms with Gasteiger partial charge in [0.1, 0.15) is 5.60 Å². The Balaban J connectivity index is 3.27. The van der Waals surface area contributed by atoms with Crippen LogP contribution < -0.4 is 0 Å². The third-order valence-electron chi connectivity index (χ3n) is 7.17. The van der Waals surface area contributed by atoms with E-state index in [9.17, 15) is 9.90 Å². The second-order valence-electron chi connectivity index (χ2n) is 13.0. The van der Waals surface area contributed by atoms with Crippen LogP contribution in [0.2, 0.25) is 36.3 Å². The maximum atomic E-state index is 13.2. The summed E-state index contributed by atoms with van der Waals surface area (Å²) in [5.41, 5.74) is -0.611. The maximum absolute atomic E-state index is 13.2. The first-order chi connectivity index (χ1) is 13.6. The molecule has 0 aliphatic carbocycles. The van der Waals surface area contributed by atoms with Crippen molar-refractivity contribution in [2.75, 3.05) is 13.2 Å². The van der Waals surface area contributed by atoms with Crippen molar-refractivity contribution in [2.24, 2.45) is 0 Å². The number of ether oxygens (including phenoxy) is 1. The molecule has 0 aromatic carbocycles. The van der Waals surface area contributed by atoms with E-state index in [0.717, 1.165) is 0 Å². The van der Waals surface area contributed by atoms with Gasteiger partial charge in [0, 0.05) is 0 Å². The number of aliphatic hydroxyl groups is 1. The zero-order valence-electron chi connectivity index (χ0n) is 22.4. The molecule has 31 heavy (non-hydrogen) atoms. The van der Waals surface area contributed by atoms with Crippen molar-refractivity contribution < 1.29 is 23.5 Å². The minimum absolute atomic E-state index is 0.0475. The van der Waals surface area contributed by atoms with Gasteiger partial charge >= 0.3 is 6.09 Å². The highest BCUT2D eigenvalue weighted by Crippen LogP contribution is 2.42. The van der Waals surface area contributed by atoms with E-state index in [1.807, 2.05) is 20.8 Å². The number of aliphatic hydroxyl groups excluding tert-OH is 1. The minimum atomic E-state index is -2.08. The highest BCUT2D eigenvalue weighted by molar-refractivity contribution is 6.74. The Hall–Kier alpha value is -0.416. The van der Waals surface area contributed by atoms with Gasteiger partial charge in [0.05, 0.1) is 31.4 Å². The molecule has 1 saturated heterocycles. The fourth-order valence-electron chi connectivity index (χ4n) is 3.13. The van der Waals surface area contributed by atoms with Gasteiger partial charge in [-0.3, -0.25) is 4.90 Å². The van der Waals surface area contributed by atoms with Crippen molar-refractivity contribution in [3.63, 3.8) is 0 Å². The lowest BCUT2D eigenvalue weighted by Crippen LogP contribution is -2.53. The summed E-state index contributed by atoms with van der Waals surface area (Å²) in [6, 6.07) is -0.618. The van der Waals surface area contributed by atoms with E-state index in [4.69, 9.17) is 13.6 Å². The Morgan fingerprint density at radius 3 is 1.81 bits per heavy atom. The van der Waals surface area contributed by atoms with Crippen LogP contribution in [0.5, 0.6) is 0 Å². The molecule has 184 valence electrons. The summed E-state index contributed by atoms with van der Waals surface area (Å²) in [6.07, 6.45) is 0.000351. The van der Waals surface area contributed by atoms with E-state index in [1.165, 1.54) is 0 Å². The predicted octanol–water partition coefficient (Wildman–Crippen LogP) is 5.77. The van der Waals surface area contributed by atoms with Crippen molar-refractivity contribution in [1.82, 2.24) is 4.90 Å². The normalized spacial score (nSPS) is 23.9. The van der Waals surface area contributed by atoms with Crippen LogP contribution in [-0.2, 0) is 13.6 Å². The Labute approximate surface area is 193 Å². The first-order valence-electron chi connectivity index (χ1n) is 11.6. The summed E-state index contributed by atoms with van der Waals surface area (Å²) in [5.74, 6) is 0. The third kappa shape index (κ3) is 7.29. The summed E-state index contributed by atoms with van der Waals surface area (Å²) < 4.78 is 19.1. The smallest absolute Gasteiger partial charge is 0.411 e. The second-order valence-corrected chi connectivity index (χ2v) is 22.6. The van der Waals surface area contributed by atoms with Crippen LogP contribution in [-0.4, -0.2) is 69.7 Å². The fourth-order valence-corrected chi connectivity index (χ4v) is 5.51. The summed E-state index contributed by atoms with van der Waals surface area (Å²) in [7, 11) is -4.11. The molecule has 8 heteroatoms. The van der Waals surface area contributed by atoms with Crippen molar-refractivity contribution in [3.8, 4) is 0 Å². The standard InChI is InChI=1S/C23H49NO5Si2/c1-21(2,3)28-20(26)24-17(15-25)14-19(29-31(12,13)23(7,8)9)18(24)16-27-30(10,11)22(4,5)6/h17-19,25H,14-16H2,1-13H3/t17-,18-,19+/m1/s1. The van der Waals surface area contributed by atoms with Gasteiger partial charge in [0.25, 0.3) is 0 Å². The highest BCUT2D eigenvalue weighted by atomic mass is 28.4. The Bertz CT molecular complexity index is 617. The number of likely N-dealkylation sites (tertiary alicyclic amines) is 1. The minimum Gasteiger partial charge on any atom is -0.444 e. The van der Waals surface area contributed by atoms with Gasteiger partial charge in [-0.1, -0.05) is 41.5 Å². The molecule has 0 spiro atoms. The molecule has 1 fully saturated rings. The molecule has 3 atom stereocenters. The van der Waals surface area contributed by atoms with Crippen LogP contribution in [0.15, 0.2) is 0 Å². The number of hydrogen-bond acceptors (Lipinski definition) is 5. The van der Waals surface area contributed by atoms with Gasteiger partial charge in [0.15, 0.2) is 16.6 Å². The SMILES string of the molecule is CC(C)(C)OC(=O)N1[C@@H](CO)C[C@H](O[Si](C)(C)C(C)(C)C)[C@H]1CO[Si](C)(C)C(C)(C)C. The molecule has 1 heterocycles. The number of carbonyl (C=O) groups excluding carboxylic acids is 1. The lowest BCUT2D eigenvalue weighted by Gasteiger charge is -2.42. The summed E-state index contributed by atoms with van der Waals surface area (Å²) in [5, 5.41) is 10.2. The van der Waals surface area contributed by atoms with Gasteiger partial charge in [-0.05, 0) is 63.5 Å². The largest absolute Gasteiger partial charge is 0.444 e. The Morgan fingerprint density at radius 2 is 1.42 bits per heavy atom. The van der Waals surface area contributed by atoms with Crippen molar-refractivity contribution in [2.45, 2.75) is 129 Å². The topological polar surface area (TPSA) is 68.2 Å². The number of hydrogen-bond donors (Lipinski definition) is 1. The molecular weight excluding hydrogens is 426 g/mol. The van der Waals surface area contributed by atoms with Crippen LogP contribution >= 0.6 is 0 Å². The molecule has 0 aromatic heterocycles. The number of carbonyl (C=O) groups is 1. The van der Waals surface area contributed by atoms with Crippen molar-refractivity contribution in [1.29, 1.82) is 0 Å². The molecule has 1 aliphatic rings. The van der Waals surface area contributed by atoms with E-state index < -0.39 is 28.3 Å². The van der Waals surface area contributed by atoms with Gasteiger partial charge in [-0.2, -0.15) is 0 Å². The van der Waals surface area contributed by atoms with E-state index in [0.29, 0.717) is 13.0 Å². The van der Waals surface area contributed by atoms with Gasteiger partial charge in [-0.15, -0.1) is 0 Å². The average molecular weight is 476 g/mol. The van der Waals surface area contributed by atoms with Gasteiger partial charge in [-0.25, -0.2) is 4.79 Å². The molecule has 0 saturated carbocycles. The van der Waals surface area contributed by atoms with E-state index in [2.05, 4.69) is 67.7 Å². The van der Waals surface area contributed by atoms with Crippen molar-refractivity contribution >= 4 is 22.7 Å². The predicted molar refractivity (Wildman–Crippen MR) is 133 cm³/mol. The maximum Gasteiger partial charge on any atom is 0.411 e. The molecule has 1 amide bonds. The first kappa shape index (κ1) is 28.6. The highest BCUT2D eigenvalue weighted by Gasteiger charge is 2.50. The zero-order valence-corrected chi connectivity index (χ0v) is 24.4. The van der Waals surface area contributed by atoms with E-state index in [1.54, 1.807) is 4.90 Å². The monoisotopic (exact) mass is 475 g/mol. The Morgan fingerprint density at radius 1 is 0.935 bits per heavy atom. The second kappa shape index (κ2) is 9.45. The lowest BCUT2D eigenvalue weighted by molar-refractivity contribution is -0.00293. The number of rotatable bonds is 6. The molecular formula is C23H49NO5Si2. The summed E-state index contributed by atoms with van der Waals surface area (Å²) in [6.45, 7) is 28.0. The lowest BCUT2D eigenvalue weighted by atomic mass is 10.1. The van der Waals surface area contributed by atoms with Crippen LogP contribution in [0.3, 0.4) is 0 Å². The fraction of sp³-hybridized carbons (Fsp3) is 0.957. The third-order valence-corrected chi connectivity index (χ3v) is 16.2.